The zero-order valence-corrected chi connectivity index (χ0v) is 19.9. The monoisotopic (exact) mass is 482 g/mol. The van der Waals surface area contributed by atoms with Gasteiger partial charge in [-0.3, -0.25) is 4.79 Å². The normalized spacial score (nSPS) is 12.3. The highest BCUT2D eigenvalue weighted by molar-refractivity contribution is 7.72. The van der Waals surface area contributed by atoms with Crippen molar-refractivity contribution in [3.63, 3.8) is 0 Å². The predicted octanol–water partition coefficient (Wildman–Crippen LogP) is 8.40. The molecule has 5 aromatic carbocycles. The fourth-order valence-electron chi connectivity index (χ4n) is 5.20. The van der Waals surface area contributed by atoms with E-state index in [0.717, 1.165) is 44.4 Å². The van der Waals surface area contributed by atoms with E-state index in [-0.39, 0.29) is 11.5 Å². The van der Waals surface area contributed by atoms with Crippen LogP contribution in [0.5, 0.6) is 0 Å². The first-order valence-corrected chi connectivity index (χ1v) is 12.1. The van der Waals surface area contributed by atoms with Crippen molar-refractivity contribution in [2.45, 2.75) is 0 Å². The van der Waals surface area contributed by atoms with Gasteiger partial charge in [0.05, 0.1) is 23.8 Å². The molecule has 0 fully saturated rings. The molecule has 3 nitrogen and oxygen atoms in total. The van der Waals surface area contributed by atoms with Crippen LogP contribution in [0.15, 0.2) is 126 Å². The summed E-state index contributed by atoms with van der Waals surface area (Å²) in [5.74, 6) is 0. The molecule has 2 aromatic heterocycles. The third-order valence-electron chi connectivity index (χ3n) is 6.75. The lowest BCUT2D eigenvalue weighted by Crippen LogP contribution is -2.13. The summed E-state index contributed by atoms with van der Waals surface area (Å²) in [6, 6.07) is 35.2. The highest BCUT2D eigenvalue weighted by atomic mass is 32.1. The highest BCUT2D eigenvalue weighted by Crippen LogP contribution is 2.39. The molecule has 7 aromatic rings. The van der Waals surface area contributed by atoms with Gasteiger partial charge in [-0.2, -0.15) is 0 Å². The number of aromatic nitrogens is 1. The number of para-hydroxylation sites is 4. The van der Waals surface area contributed by atoms with Gasteiger partial charge in [0.1, 0.15) is 0 Å². The quantitative estimate of drug-likeness (QED) is 0.144. The van der Waals surface area contributed by atoms with E-state index in [4.69, 9.17) is 15.0 Å². The lowest BCUT2D eigenvalue weighted by molar-refractivity contribution is 1.28. The Balaban J connectivity index is 1.71. The molecule has 0 aliphatic carbocycles. The maximum absolute atomic E-state index is 14.0. The van der Waals surface area contributed by atoms with E-state index in [1.165, 1.54) is 0 Å². The SMILES string of the molecule is [2H]c1ccc2c(c1)c(=O)c1cc(N(c3ccccc3)c3ccccc3)cc3c(=S)c4cc([2H])ccc4n2c13. The van der Waals surface area contributed by atoms with Gasteiger partial charge in [0.15, 0.2) is 5.43 Å². The van der Waals surface area contributed by atoms with Crippen molar-refractivity contribution >= 4 is 67.4 Å². The maximum Gasteiger partial charge on any atom is 0.197 e. The topological polar surface area (TPSA) is 24.7 Å². The lowest BCUT2D eigenvalue weighted by Gasteiger charge is -2.26. The molecule has 0 aliphatic rings. The minimum Gasteiger partial charge on any atom is -0.310 e. The number of hydrogen-bond acceptors (Lipinski definition) is 3. The number of nitrogens with zero attached hydrogens (tertiary/aromatic N) is 2. The highest BCUT2D eigenvalue weighted by Gasteiger charge is 2.20. The molecule has 0 bridgehead atoms. The van der Waals surface area contributed by atoms with Gasteiger partial charge in [-0.15, -0.1) is 0 Å². The van der Waals surface area contributed by atoms with Crippen LogP contribution < -0.4 is 10.3 Å². The number of rotatable bonds is 3. The average molecular weight is 483 g/mol. The molecule has 0 unspecified atom stereocenters. The van der Waals surface area contributed by atoms with Crippen LogP contribution in [0.4, 0.5) is 17.1 Å². The van der Waals surface area contributed by atoms with E-state index < -0.39 is 0 Å². The van der Waals surface area contributed by atoms with Gasteiger partial charge in [-0.25, -0.2) is 0 Å². The molecule has 0 N–H and O–H groups in total. The van der Waals surface area contributed by atoms with Crippen LogP contribution in [0.25, 0.3) is 38.1 Å². The summed E-state index contributed by atoms with van der Waals surface area (Å²) in [5, 5.41) is 2.57. The first kappa shape index (κ1) is 18.7. The Bertz CT molecular complexity index is 2000. The lowest BCUT2D eigenvalue weighted by atomic mass is 10.0. The molecule has 0 aliphatic heterocycles. The summed E-state index contributed by atoms with van der Waals surface area (Å²) < 4.78 is 19.1. The van der Waals surface area contributed by atoms with Gasteiger partial charge in [-0.05, 0) is 54.6 Å². The molecular formula is C32H20N2OS. The third kappa shape index (κ3) is 2.98. The summed E-state index contributed by atoms with van der Waals surface area (Å²) in [6.07, 6.45) is 0. The van der Waals surface area contributed by atoms with Crippen LogP contribution in [-0.2, 0) is 0 Å². The fraction of sp³-hybridized carbons (Fsp3) is 0. The van der Waals surface area contributed by atoms with Crippen molar-refractivity contribution in [2.24, 2.45) is 0 Å². The molecule has 0 spiro atoms. The number of anilines is 3. The molecule has 170 valence electrons. The van der Waals surface area contributed by atoms with Gasteiger partial charge in [0, 0.05) is 38.6 Å². The van der Waals surface area contributed by atoms with Crippen LogP contribution in [-0.4, -0.2) is 4.40 Å². The van der Waals surface area contributed by atoms with Crippen LogP contribution >= 0.6 is 12.2 Å². The Kier molecular flexibility index (Phi) is 4.17. The fourth-order valence-corrected chi connectivity index (χ4v) is 5.51. The summed E-state index contributed by atoms with van der Waals surface area (Å²) in [5.41, 5.74) is 4.89. The molecule has 7 rings (SSSR count). The molecule has 0 saturated carbocycles. The molecular weight excluding hydrogens is 460 g/mol. The van der Waals surface area contributed by atoms with Gasteiger partial charge >= 0.3 is 0 Å². The van der Waals surface area contributed by atoms with E-state index in [2.05, 4.69) is 9.30 Å². The van der Waals surface area contributed by atoms with Crippen molar-refractivity contribution in [1.29, 1.82) is 0 Å². The molecule has 0 amide bonds. The van der Waals surface area contributed by atoms with Gasteiger partial charge in [-0.1, -0.05) is 78.9 Å². The first-order chi connectivity index (χ1) is 18.5. The van der Waals surface area contributed by atoms with E-state index in [9.17, 15) is 4.79 Å². The summed E-state index contributed by atoms with van der Waals surface area (Å²) in [7, 11) is 0. The van der Waals surface area contributed by atoms with E-state index in [0.29, 0.717) is 21.3 Å². The Hall–Kier alpha value is -4.54. The second-order valence-electron chi connectivity index (χ2n) is 8.78. The van der Waals surface area contributed by atoms with Crippen molar-refractivity contribution in [3.8, 4) is 0 Å². The van der Waals surface area contributed by atoms with Gasteiger partial charge in [0.2, 0.25) is 0 Å². The zero-order valence-electron chi connectivity index (χ0n) is 21.1. The van der Waals surface area contributed by atoms with E-state index in [1.807, 2.05) is 84.9 Å². The molecule has 0 radical (unpaired) electrons. The molecule has 0 saturated heterocycles. The Morgan fingerprint density at radius 3 is 1.81 bits per heavy atom. The average Bonchev–Trinajstić information content (AvgIpc) is 2.94. The first-order valence-electron chi connectivity index (χ1n) is 12.7. The summed E-state index contributed by atoms with van der Waals surface area (Å²) >= 11 is 6.03. The largest absolute Gasteiger partial charge is 0.310 e. The molecule has 4 heteroatoms. The van der Waals surface area contributed by atoms with Crippen molar-refractivity contribution in [2.75, 3.05) is 4.90 Å². The second kappa shape index (κ2) is 8.01. The van der Waals surface area contributed by atoms with E-state index >= 15 is 0 Å². The van der Waals surface area contributed by atoms with Crippen molar-refractivity contribution in [3.05, 3.63) is 136 Å². The maximum atomic E-state index is 14.0. The predicted molar refractivity (Wildman–Crippen MR) is 153 cm³/mol. The van der Waals surface area contributed by atoms with Crippen LogP contribution in [0.3, 0.4) is 0 Å². The van der Waals surface area contributed by atoms with E-state index in [1.54, 1.807) is 24.3 Å². The van der Waals surface area contributed by atoms with Crippen molar-refractivity contribution < 1.29 is 2.74 Å². The minimum absolute atomic E-state index is 0.132. The number of benzene rings is 5. The third-order valence-corrected chi connectivity index (χ3v) is 7.19. The number of fused-ring (bicyclic) bond motifs is 4. The zero-order chi connectivity index (χ0) is 26.0. The number of hydrogen-bond donors (Lipinski definition) is 0. The van der Waals surface area contributed by atoms with Crippen molar-refractivity contribution in [1.82, 2.24) is 4.40 Å². The van der Waals surface area contributed by atoms with Gasteiger partial charge in [0.25, 0.3) is 0 Å². The molecule has 2 heterocycles. The number of pyridine rings is 2. The minimum atomic E-state index is -0.132. The smallest absolute Gasteiger partial charge is 0.197 e. The summed E-state index contributed by atoms with van der Waals surface area (Å²) in [6.45, 7) is 0. The summed E-state index contributed by atoms with van der Waals surface area (Å²) in [4.78, 5) is 16.1. The van der Waals surface area contributed by atoms with Crippen LogP contribution in [0, 0.1) is 4.51 Å². The Morgan fingerprint density at radius 2 is 1.17 bits per heavy atom. The van der Waals surface area contributed by atoms with Gasteiger partial charge < -0.3 is 9.30 Å². The van der Waals surface area contributed by atoms with Crippen LogP contribution in [0.2, 0.25) is 0 Å². The van der Waals surface area contributed by atoms with Crippen LogP contribution in [0.1, 0.15) is 2.74 Å². The second-order valence-corrected chi connectivity index (χ2v) is 9.18. The Morgan fingerprint density at radius 1 is 0.611 bits per heavy atom. The molecule has 0 atom stereocenters. The molecule has 36 heavy (non-hydrogen) atoms. The Labute approximate surface area is 215 Å². The standard InChI is InChI=1S/C32H20N2OS/c35-31-24-15-7-9-17-28(24)34-29-18-10-8-16-25(29)32(36)27-20-23(19-26(31)30(27)34)33(21-11-3-1-4-12-21)22-13-5-2-6-14-22/h1-20H/i7D,8D.